The Morgan fingerprint density at radius 2 is 2.07 bits per heavy atom. The third-order valence-electron chi connectivity index (χ3n) is 4.69. The zero-order chi connectivity index (χ0) is 20.5. The summed E-state index contributed by atoms with van der Waals surface area (Å²) in [7, 11) is 5.91. The molecule has 0 aliphatic carbocycles. The van der Waals surface area contributed by atoms with Crippen LogP contribution in [0, 0.1) is 0 Å². The predicted octanol–water partition coefficient (Wildman–Crippen LogP) is 1.55. The molecule has 0 bridgehead atoms. The number of hydrogen-bond donors (Lipinski definition) is 3. The van der Waals surface area contributed by atoms with Crippen molar-refractivity contribution in [2.75, 3.05) is 40.8 Å². The normalized spacial score (nSPS) is 11.0. The number of pyridine rings is 1. The molecule has 1 aromatic carbocycles. The van der Waals surface area contributed by atoms with Crippen LogP contribution in [0.15, 0.2) is 29.1 Å². The number of ether oxygens (including phenoxy) is 1. The topological polar surface area (TPSA) is 61.8 Å². The van der Waals surface area contributed by atoms with Crippen molar-refractivity contribution in [2.24, 2.45) is 0 Å². The van der Waals surface area contributed by atoms with Crippen molar-refractivity contribution in [3.63, 3.8) is 0 Å². The van der Waals surface area contributed by atoms with E-state index >= 15 is 0 Å². The largest absolute Gasteiger partial charge is 0.497 e. The van der Waals surface area contributed by atoms with Crippen molar-refractivity contribution >= 4 is 28.2 Å². The number of nitrogens with zero attached hydrogens (tertiary/aromatic N) is 1. The van der Waals surface area contributed by atoms with Gasteiger partial charge in [0.1, 0.15) is 5.75 Å². The van der Waals surface area contributed by atoms with Gasteiger partial charge in [-0.05, 0) is 42.2 Å². The molecule has 0 fully saturated rings. The van der Waals surface area contributed by atoms with Gasteiger partial charge in [0.05, 0.1) is 39.8 Å². The van der Waals surface area contributed by atoms with E-state index in [1.807, 2.05) is 24.3 Å². The van der Waals surface area contributed by atoms with Gasteiger partial charge in [0, 0.05) is 31.1 Å². The number of quaternary nitrogens is 1. The summed E-state index contributed by atoms with van der Waals surface area (Å²) >= 11 is 5.62. The Morgan fingerprint density at radius 3 is 2.75 bits per heavy atom. The van der Waals surface area contributed by atoms with E-state index in [1.165, 1.54) is 4.90 Å². The molecular formula is C21H33N4O2S+. The summed E-state index contributed by atoms with van der Waals surface area (Å²) in [4.78, 5) is 19.1. The minimum absolute atomic E-state index is 0.0830. The fraction of sp³-hybridized carbons (Fsp3) is 0.524. The summed E-state index contributed by atoms with van der Waals surface area (Å²) in [6, 6.07) is 7.66. The maximum absolute atomic E-state index is 12.6. The third-order valence-corrected chi connectivity index (χ3v) is 5.09. The first-order valence-corrected chi connectivity index (χ1v) is 10.4. The van der Waals surface area contributed by atoms with Gasteiger partial charge < -0.3 is 24.8 Å². The van der Waals surface area contributed by atoms with Crippen LogP contribution < -0.4 is 20.5 Å². The second kappa shape index (κ2) is 11.0. The molecule has 0 atom stereocenters. The van der Waals surface area contributed by atoms with Crippen molar-refractivity contribution in [3.8, 4) is 5.75 Å². The van der Waals surface area contributed by atoms with Crippen molar-refractivity contribution < 1.29 is 9.64 Å². The highest BCUT2D eigenvalue weighted by molar-refractivity contribution is 7.80. The molecule has 1 heterocycles. The van der Waals surface area contributed by atoms with Crippen LogP contribution in [0.25, 0.3) is 10.9 Å². The van der Waals surface area contributed by atoms with Gasteiger partial charge in [-0.2, -0.15) is 0 Å². The smallest absolute Gasteiger partial charge is 0.253 e. The average molecular weight is 406 g/mol. The standard InChI is InChI=1S/C21H32N4O2S/c1-5-6-10-22-21(28)25(12-7-11-24(2)3)15-17-13-16-8-9-18(27-4)14-19(16)23-20(17)26/h8-9,13-14H,5-7,10-12,15H2,1-4H3,(H,22,28)(H,23,26)/p+1. The first-order chi connectivity index (χ1) is 13.4. The molecule has 0 saturated heterocycles. The van der Waals surface area contributed by atoms with Crippen LogP contribution >= 0.6 is 12.2 Å². The molecule has 0 saturated carbocycles. The van der Waals surface area contributed by atoms with Crippen LogP contribution in [-0.4, -0.2) is 55.8 Å². The van der Waals surface area contributed by atoms with Gasteiger partial charge in [-0.1, -0.05) is 13.3 Å². The fourth-order valence-electron chi connectivity index (χ4n) is 3.04. The third kappa shape index (κ3) is 6.49. The van der Waals surface area contributed by atoms with E-state index in [0.717, 1.165) is 66.2 Å². The van der Waals surface area contributed by atoms with Crippen LogP contribution in [-0.2, 0) is 6.54 Å². The molecule has 7 heteroatoms. The summed E-state index contributed by atoms with van der Waals surface area (Å²) in [6.45, 7) is 5.40. The van der Waals surface area contributed by atoms with Crippen LogP contribution in [0.5, 0.6) is 5.75 Å². The number of nitrogens with one attached hydrogen (secondary N) is 3. The molecule has 2 rings (SSSR count). The number of hydrogen-bond acceptors (Lipinski definition) is 3. The summed E-state index contributed by atoms with van der Waals surface area (Å²) in [5, 5.41) is 5.04. The quantitative estimate of drug-likeness (QED) is 0.414. The highest BCUT2D eigenvalue weighted by Gasteiger charge is 2.14. The van der Waals surface area contributed by atoms with Crippen LogP contribution in [0.1, 0.15) is 31.7 Å². The van der Waals surface area contributed by atoms with Gasteiger partial charge >= 0.3 is 0 Å². The Kier molecular flexibility index (Phi) is 8.73. The van der Waals surface area contributed by atoms with E-state index in [1.54, 1.807) is 7.11 Å². The number of methoxy groups -OCH3 is 1. The van der Waals surface area contributed by atoms with Crippen molar-refractivity contribution in [1.29, 1.82) is 0 Å². The molecule has 0 radical (unpaired) electrons. The highest BCUT2D eigenvalue weighted by atomic mass is 32.1. The van der Waals surface area contributed by atoms with Gasteiger partial charge in [0.2, 0.25) is 0 Å². The molecular weight excluding hydrogens is 372 g/mol. The summed E-state index contributed by atoms with van der Waals surface area (Å²) in [5.41, 5.74) is 1.41. The maximum atomic E-state index is 12.6. The average Bonchev–Trinajstić information content (AvgIpc) is 2.67. The number of thiocarbonyl (C=S) groups is 1. The van der Waals surface area contributed by atoms with Crippen molar-refractivity contribution in [3.05, 3.63) is 40.2 Å². The number of aromatic amines is 1. The molecule has 0 unspecified atom stereocenters. The van der Waals surface area contributed by atoms with E-state index in [0.29, 0.717) is 6.54 Å². The molecule has 0 aliphatic rings. The SMILES string of the molecule is CCCCNC(=S)N(CCC[NH+](C)C)Cc1cc2ccc(OC)cc2[nH]c1=O. The first kappa shape index (κ1) is 22.2. The number of benzene rings is 1. The number of fused-ring (bicyclic) bond motifs is 1. The van der Waals surface area contributed by atoms with E-state index < -0.39 is 0 Å². The van der Waals surface area contributed by atoms with E-state index in [9.17, 15) is 4.79 Å². The predicted molar refractivity (Wildman–Crippen MR) is 119 cm³/mol. The summed E-state index contributed by atoms with van der Waals surface area (Å²) in [6.07, 6.45) is 3.21. The number of unbranched alkanes of at least 4 members (excludes halogenated alkanes) is 1. The molecule has 28 heavy (non-hydrogen) atoms. The Morgan fingerprint density at radius 1 is 1.29 bits per heavy atom. The van der Waals surface area contributed by atoms with E-state index in [2.05, 4.69) is 36.2 Å². The van der Waals surface area contributed by atoms with Gasteiger partial charge in [0.25, 0.3) is 5.56 Å². The second-order valence-corrected chi connectivity index (χ2v) is 7.78. The fourth-order valence-corrected chi connectivity index (χ4v) is 3.29. The molecule has 1 aromatic heterocycles. The molecule has 2 aromatic rings. The highest BCUT2D eigenvalue weighted by Crippen LogP contribution is 2.19. The number of H-pyrrole nitrogens is 1. The Labute approximate surface area is 172 Å². The molecule has 6 nitrogen and oxygen atoms in total. The molecule has 3 N–H and O–H groups in total. The monoisotopic (exact) mass is 405 g/mol. The second-order valence-electron chi connectivity index (χ2n) is 7.39. The summed E-state index contributed by atoms with van der Waals surface area (Å²) in [5.74, 6) is 0.727. The van der Waals surface area contributed by atoms with Crippen LogP contribution in [0.3, 0.4) is 0 Å². The Balaban J connectivity index is 2.19. The molecule has 154 valence electrons. The lowest BCUT2D eigenvalue weighted by atomic mass is 10.1. The molecule has 0 amide bonds. The van der Waals surface area contributed by atoms with Crippen molar-refractivity contribution in [1.82, 2.24) is 15.2 Å². The Bertz CT molecular complexity index is 835. The molecule has 0 spiro atoms. The van der Waals surface area contributed by atoms with Gasteiger partial charge in [0.15, 0.2) is 5.11 Å². The van der Waals surface area contributed by atoms with E-state index in [4.69, 9.17) is 17.0 Å². The lowest BCUT2D eigenvalue weighted by Crippen LogP contribution is -3.05. The summed E-state index contributed by atoms with van der Waals surface area (Å²) < 4.78 is 5.24. The minimum atomic E-state index is -0.0830. The number of aromatic nitrogens is 1. The first-order valence-electron chi connectivity index (χ1n) is 9.96. The zero-order valence-electron chi connectivity index (χ0n) is 17.4. The lowest BCUT2D eigenvalue weighted by molar-refractivity contribution is -0.858. The van der Waals surface area contributed by atoms with Crippen LogP contribution in [0.2, 0.25) is 0 Å². The van der Waals surface area contributed by atoms with Gasteiger partial charge in [-0.15, -0.1) is 0 Å². The number of rotatable bonds is 10. The minimum Gasteiger partial charge on any atom is -0.497 e. The van der Waals surface area contributed by atoms with E-state index in [-0.39, 0.29) is 5.56 Å². The lowest BCUT2D eigenvalue weighted by Gasteiger charge is -2.26. The zero-order valence-corrected chi connectivity index (χ0v) is 18.2. The van der Waals surface area contributed by atoms with Crippen molar-refractivity contribution in [2.45, 2.75) is 32.7 Å². The Hall–Kier alpha value is -2.12. The van der Waals surface area contributed by atoms with Gasteiger partial charge in [-0.25, -0.2) is 0 Å². The van der Waals surface area contributed by atoms with Crippen LogP contribution in [0.4, 0.5) is 0 Å². The van der Waals surface area contributed by atoms with Gasteiger partial charge in [-0.3, -0.25) is 4.79 Å². The maximum Gasteiger partial charge on any atom is 0.253 e. The molecule has 0 aliphatic heterocycles.